The van der Waals surface area contributed by atoms with Crippen molar-refractivity contribution in [3.63, 3.8) is 0 Å². The molecule has 1 aromatic heterocycles. The number of hydrogen-bond donors (Lipinski definition) is 1. The SMILES string of the molecule is CC(C(=O)C(=[N+]=[N-])C(=O)OCc1ccc([N+](=O)[O-])cc1)[C@H]1NC(=O)[C@@H]1C(C)n1cnnn1. The van der Waals surface area contributed by atoms with Gasteiger partial charge in [0.1, 0.15) is 12.9 Å². The van der Waals surface area contributed by atoms with Crippen molar-refractivity contribution in [2.24, 2.45) is 11.8 Å². The standard InChI is InChI=1S/C18H18N8O6/c1-9(14-13(17(28)21-14)10(2)25-8-20-23-24-25)16(27)15(22-19)18(29)32-7-11-3-5-12(6-4-11)26(30)31/h3-6,8-10,13-14H,7H2,1-2H3,(H,21,28)/t9?,10?,13-,14-/m1/s1. The number of carbonyl (C=O) groups excluding carboxylic acids is 3. The highest BCUT2D eigenvalue weighted by atomic mass is 16.6. The predicted molar refractivity (Wildman–Crippen MR) is 104 cm³/mol. The number of aromatic nitrogens is 4. The lowest BCUT2D eigenvalue weighted by Gasteiger charge is -2.42. The highest BCUT2D eigenvalue weighted by Gasteiger charge is 2.51. The van der Waals surface area contributed by atoms with Crippen LogP contribution in [-0.2, 0) is 25.7 Å². The zero-order valence-corrected chi connectivity index (χ0v) is 17.0. The molecule has 1 fully saturated rings. The first-order chi connectivity index (χ1) is 15.2. The number of nitrogens with one attached hydrogen (secondary N) is 1. The number of nitro groups is 1. The Morgan fingerprint density at radius 3 is 2.56 bits per heavy atom. The second-order valence-electron chi connectivity index (χ2n) is 7.19. The van der Waals surface area contributed by atoms with E-state index in [1.807, 2.05) is 0 Å². The number of esters is 1. The Labute approximate surface area is 180 Å². The number of β-lactam (4-membered cyclic amide) rings is 1. The molecule has 0 radical (unpaired) electrons. The number of non-ortho nitro benzene ring substituents is 1. The van der Waals surface area contributed by atoms with E-state index >= 15 is 0 Å². The van der Waals surface area contributed by atoms with Crippen molar-refractivity contribution in [3.8, 4) is 0 Å². The number of Topliss-reactive ketones (excluding diaryl/α,β-unsaturated/α-hetero) is 1. The van der Waals surface area contributed by atoms with Crippen molar-refractivity contribution in [3.05, 3.63) is 51.8 Å². The average molecular weight is 442 g/mol. The molecule has 1 aliphatic rings. The van der Waals surface area contributed by atoms with Crippen molar-refractivity contribution in [1.29, 1.82) is 0 Å². The Morgan fingerprint density at radius 1 is 1.34 bits per heavy atom. The molecule has 166 valence electrons. The Bertz CT molecular complexity index is 1090. The summed E-state index contributed by atoms with van der Waals surface area (Å²) in [6.07, 6.45) is 1.34. The fourth-order valence-corrected chi connectivity index (χ4v) is 3.39. The van der Waals surface area contributed by atoms with Crippen LogP contribution >= 0.6 is 0 Å². The molecule has 4 atom stereocenters. The van der Waals surface area contributed by atoms with Gasteiger partial charge in [-0.3, -0.25) is 19.7 Å². The van der Waals surface area contributed by atoms with E-state index < -0.39 is 46.3 Å². The van der Waals surface area contributed by atoms with Crippen LogP contribution in [0.1, 0.15) is 25.5 Å². The van der Waals surface area contributed by atoms with Crippen LogP contribution in [0.2, 0.25) is 0 Å². The molecule has 1 N–H and O–H groups in total. The number of ether oxygens (including phenoxy) is 1. The van der Waals surface area contributed by atoms with Crippen molar-refractivity contribution >= 4 is 29.1 Å². The highest BCUT2D eigenvalue weighted by Crippen LogP contribution is 2.32. The lowest BCUT2D eigenvalue weighted by molar-refractivity contribution is -0.384. The van der Waals surface area contributed by atoms with E-state index in [-0.39, 0.29) is 18.2 Å². The highest BCUT2D eigenvalue weighted by molar-refractivity contribution is 6.62. The van der Waals surface area contributed by atoms with Gasteiger partial charge in [0.05, 0.1) is 22.9 Å². The van der Waals surface area contributed by atoms with Crippen molar-refractivity contribution in [2.45, 2.75) is 32.5 Å². The smallest absolute Gasteiger partial charge is 0.441 e. The van der Waals surface area contributed by atoms with Crippen molar-refractivity contribution in [1.82, 2.24) is 25.5 Å². The van der Waals surface area contributed by atoms with Crippen LogP contribution < -0.4 is 5.32 Å². The summed E-state index contributed by atoms with van der Waals surface area (Å²) >= 11 is 0. The van der Waals surface area contributed by atoms with E-state index in [0.717, 1.165) is 0 Å². The van der Waals surface area contributed by atoms with Gasteiger partial charge in [0.25, 0.3) is 11.5 Å². The number of carbonyl (C=O) groups is 3. The minimum absolute atomic E-state index is 0.130. The average Bonchev–Trinajstić information content (AvgIpc) is 3.31. The molecule has 1 amide bonds. The summed E-state index contributed by atoms with van der Waals surface area (Å²) in [5.41, 5.74) is 8.71. The summed E-state index contributed by atoms with van der Waals surface area (Å²) in [5.74, 6) is -3.84. The van der Waals surface area contributed by atoms with Gasteiger partial charge in [-0.2, -0.15) is 4.79 Å². The number of hydrogen-bond acceptors (Lipinski definition) is 9. The van der Waals surface area contributed by atoms with E-state index in [2.05, 4.69) is 25.6 Å². The summed E-state index contributed by atoms with van der Waals surface area (Å²) in [4.78, 5) is 50.1. The minimum atomic E-state index is -1.17. The summed E-state index contributed by atoms with van der Waals surface area (Å²) in [5, 5.41) is 24.1. The number of ketones is 1. The van der Waals surface area contributed by atoms with E-state index in [4.69, 9.17) is 4.74 Å². The van der Waals surface area contributed by atoms with Gasteiger partial charge in [0.2, 0.25) is 5.91 Å². The van der Waals surface area contributed by atoms with E-state index in [1.165, 1.54) is 42.2 Å². The van der Waals surface area contributed by atoms with Crippen molar-refractivity contribution < 1.29 is 28.8 Å². The number of nitro benzene ring substituents is 1. The van der Waals surface area contributed by atoms with Gasteiger partial charge in [0.15, 0.2) is 0 Å². The Hall–Kier alpha value is -4.32. The first-order valence-electron chi connectivity index (χ1n) is 9.44. The van der Waals surface area contributed by atoms with Gasteiger partial charge in [-0.15, -0.1) is 5.10 Å². The quantitative estimate of drug-likeness (QED) is 0.0804. The third-order valence-corrected chi connectivity index (χ3v) is 5.30. The first-order valence-corrected chi connectivity index (χ1v) is 9.44. The van der Waals surface area contributed by atoms with Gasteiger partial charge in [-0.25, -0.2) is 9.48 Å². The predicted octanol–water partition coefficient (Wildman–Crippen LogP) is -0.124. The molecule has 32 heavy (non-hydrogen) atoms. The summed E-state index contributed by atoms with van der Waals surface area (Å²) in [6, 6.07) is 4.16. The molecule has 0 saturated carbocycles. The summed E-state index contributed by atoms with van der Waals surface area (Å²) in [7, 11) is 0. The third kappa shape index (κ3) is 4.39. The maximum atomic E-state index is 12.8. The van der Waals surface area contributed by atoms with Crippen LogP contribution in [0.25, 0.3) is 5.53 Å². The number of tetrazole rings is 1. The number of rotatable bonds is 9. The lowest BCUT2D eigenvalue weighted by atomic mass is 9.75. The summed E-state index contributed by atoms with van der Waals surface area (Å²) in [6.45, 7) is 2.90. The Kier molecular flexibility index (Phi) is 6.45. The molecule has 1 aliphatic heterocycles. The minimum Gasteiger partial charge on any atom is -0.452 e. The third-order valence-electron chi connectivity index (χ3n) is 5.30. The molecule has 0 spiro atoms. The molecule has 2 aromatic rings. The molecule has 1 aromatic carbocycles. The number of benzene rings is 1. The van der Waals surface area contributed by atoms with Crippen LogP contribution in [0.3, 0.4) is 0 Å². The molecular formula is C18H18N8O6. The van der Waals surface area contributed by atoms with Crippen LogP contribution in [0.4, 0.5) is 5.69 Å². The molecule has 0 bridgehead atoms. The fourth-order valence-electron chi connectivity index (χ4n) is 3.39. The monoisotopic (exact) mass is 442 g/mol. The van der Waals surface area contributed by atoms with Gasteiger partial charge in [-0.1, -0.05) is 6.92 Å². The van der Waals surface area contributed by atoms with Gasteiger partial charge < -0.3 is 15.6 Å². The van der Waals surface area contributed by atoms with Crippen LogP contribution in [0.5, 0.6) is 0 Å². The number of amides is 1. The normalized spacial score (nSPS) is 19.0. The van der Waals surface area contributed by atoms with Gasteiger partial charge in [0, 0.05) is 18.1 Å². The van der Waals surface area contributed by atoms with Crippen molar-refractivity contribution in [2.75, 3.05) is 0 Å². The largest absolute Gasteiger partial charge is 0.452 e. The fraction of sp³-hybridized carbons (Fsp3) is 0.389. The molecular weight excluding hydrogens is 424 g/mol. The Morgan fingerprint density at radius 2 is 2.03 bits per heavy atom. The van der Waals surface area contributed by atoms with Gasteiger partial charge >= 0.3 is 11.7 Å². The zero-order valence-electron chi connectivity index (χ0n) is 17.0. The van der Waals surface area contributed by atoms with Crippen LogP contribution in [0.15, 0.2) is 30.6 Å². The molecule has 14 nitrogen and oxygen atoms in total. The number of nitrogens with zero attached hydrogens (tertiary/aromatic N) is 7. The van der Waals surface area contributed by atoms with Crippen LogP contribution in [-0.4, -0.2) is 59.3 Å². The maximum absolute atomic E-state index is 12.8. The maximum Gasteiger partial charge on any atom is 0.441 e. The first kappa shape index (κ1) is 22.4. The Balaban J connectivity index is 1.64. The second-order valence-corrected chi connectivity index (χ2v) is 7.19. The molecule has 1 saturated heterocycles. The molecule has 0 aliphatic carbocycles. The molecule has 14 heteroatoms. The lowest BCUT2D eigenvalue weighted by Crippen LogP contribution is -2.65. The molecule has 2 heterocycles. The molecule has 2 unspecified atom stereocenters. The van der Waals surface area contributed by atoms with E-state index in [1.54, 1.807) is 6.92 Å². The second kappa shape index (κ2) is 9.22. The van der Waals surface area contributed by atoms with Crippen LogP contribution in [0, 0.1) is 22.0 Å². The molecule has 3 rings (SSSR count). The topological polar surface area (TPSA) is 196 Å². The van der Waals surface area contributed by atoms with Gasteiger partial charge in [-0.05, 0) is 35.0 Å². The summed E-state index contributed by atoms with van der Waals surface area (Å²) < 4.78 is 6.38. The van der Waals surface area contributed by atoms with E-state index in [0.29, 0.717) is 5.56 Å². The van der Waals surface area contributed by atoms with E-state index in [9.17, 15) is 30.0 Å². The zero-order chi connectivity index (χ0) is 23.4.